The lowest BCUT2D eigenvalue weighted by atomic mass is 9.40. The zero-order chi connectivity index (χ0) is 43.9. The highest BCUT2D eigenvalue weighted by atomic mass is 28.4. The van der Waals surface area contributed by atoms with E-state index in [0.717, 1.165) is 32.1 Å². The number of hydrogen-bond acceptors (Lipinski definition) is 6. The lowest BCUT2D eigenvalue weighted by Gasteiger charge is -2.73. The van der Waals surface area contributed by atoms with Crippen molar-refractivity contribution in [3.63, 3.8) is 0 Å². The number of nitrogens with zero attached hydrogens (tertiary/aromatic N) is 3. The molecule has 4 aliphatic carbocycles. The molecule has 3 heterocycles. The van der Waals surface area contributed by atoms with Crippen molar-refractivity contribution in [3.8, 4) is 5.69 Å². The number of benzene rings is 1. The van der Waals surface area contributed by atoms with E-state index in [9.17, 15) is 9.90 Å². The van der Waals surface area contributed by atoms with E-state index in [1.54, 1.807) is 13.8 Å². The summed E-state index contributed by atoms with van der Waals surface area (Å²) in [7, 11) is -4.68. The van der Waals surface area contributed by atoms with E-state index in [-0.39, 0.29) is 68.7 Å². The Kier molecular flexibility index (Phi) is 10.4. The molecule has 6 aliphatic rings. The Morgan fingerprint density at radius 1 is 0.831 bits per heavy atom. The van der Waals surface area contributed by atoms with Gasteiger partial charge in [0.1, 0.15) is 0 Å². The fourth-order valence-corrected chi connectivity index (χ4v) is 15.1. The van der Waals surface area contributed by atoms with Crippen molar-refractivity contribution in [1.82, 2.24) is 19.2 Å². The van der Waals surface area contributed by atoms with Crippen molar-refractivity contribution >= 4 is 22.5 Å². The van der Waals surface area contributed by atoms with Gasteiger partial charge in [-0.15, -0.1) is 0 Å². The van der Waals surface area contributed by atoms with Crippen molar-refractivity contribution in [2.45, 2.75) is 193 Å². The number of fused-ring (bicyclic) bond motifs is 1. The Balaban J connectivity index is 1.46. The van der Waals surface area contributed by atoms with E-state index in [1.807, 2.05) is 53.5 Å². The Hall–Kier alpha value is -2.52. The molecule has 2 N–H and O–H groups in total. The molecule has 59 heavy (non-hydrogen) atoms. The van der Waals surface area contributed by atoms with Crippen LogP contribution in [0, 0.1) is 34.5 Å². The maximum Gasteiger partial charge on any atom is 0.352 e. The van der Waals surface area contributed by atoms with Crippen LogP contribution in [0.4, 0.5) is 0 Å². The molecule has 12 heteroatoms. The number of hydrogen-bond donors (Lipinski definition) is 2. The number of aromatic nitrogens is 3. The third-order valence-electron chi connectivity index (χ3n) is 18.1. The predicted octanol–water partition coefficient (Wildman–Crippen LogP) is 8.71. The van der Waals surface area contributed by atoms with Gasteiger partial charge in [-0.25, -0.2) is 23.5 Å². The second-order valence-corrected chi connectivity index (χ2v) is 33.1. The summed E-state index contributed by atoms with van der Waals surface area (Å²) in [5, 5.41) is 13.8. The number of aliphatic hydroxyl groups is 1. The SMILES string of the molecule is C[C@H](C(=O)N[C@H](C)C(C)(C)O)[C@H]1CC[C@@H]2[C@]1(C)CC[C@H]1[C@]23C=C[C@]2(C[C@@H](O[Si](C)(C)C(C)(C)C)C[C@H](O[Si](C)(C)C(C)(C)C)[C@]12C)n1c(=O)n(-c2ccccc2)c(=O)n13. The molecule has 1 aromatic heterocycles. The molecule has 2 aliphatic heterocycles. The zero-order valence-electron chi connectivity index (χ0n) is 39.2. The largest absolute Gasteiger partial charge is 0.414 e. The van der Waals surface area contributed by atoms with Crippen LogP contribution in [0.3, 0.4) is 0 Å². The van der Waals surface area contributed by atoms with Crippen LogP contribution in [-0.4, -0.2) is 65.4 Å². The average Bonchev–Trinajstić information content (AvgIpc) is 3.61. The highest BCUT2D eigenvalue weighted by Crippen LogP contribution is 2.74. The van der Waals surface area contributed by atoms with Crippen molar-refractivity contribution in [3.05, 3.63) is 63.5 Å². The van der Waals surface area contributed by atoms with Gasteiger partial charge in [0.2, 0.25) is 5.91 Å². The van der Waals surface area contributed by atoms with Crippen molar-refractivity contribution < 1.29 is 18.8 Å². The molecule has 3 fully saturated rings. The maximum atomic E-state index is 15.5. The van der Waals surface area contributed by atoms with Crippen LogP contribution in [0.25, 0.3) is 5.69 Å². The molecule has 328 valence electrons. The molecule has 2 spiro atoms. The third kappa shape index (κ3) is 6.24. The van der Waals surface area contributed by atoms with E-state index in [4.69, 9.17) is 8.85 Å². The Morgan fingerprint density at radius 2 is 1.41 bits per heavy atom. The summed E-state index contributed by atoms with van der Waals surface area (Å²) in [5.74, 6) is -0.335. The standard InChI is InChI=1S/C47H76N4O6Si2/c1-30(38(52)48-31(2)43(9,10)55)34-22-23-35-44(34,11)25-24-36-45(12)37(57-59(15,16)42(6,7)8)28-33(56-58(13,14)41(3,4)5)29-46(45)26-27-47(35,36)51-40(54)49(39(53)50(46)51)32-20-18-17-19-21-32/h17-21,26-27,30-31,33-37,55H,22-25,28-29H2,1-16H3,(H,48,52)/t30-,31+,33-,34+,35+,36+,37-,44+,45-,46+,47-/m0/s1. The third-order valence-corrected chi connectivity index (χ3v) is 27.1. The van der Waals surface area contributed by atoms with Crippen LogP contribution < -0.4 is 16.7 Å². The molecular formula is C47H76N4O6Si2. The number of nitrogens with one attached hydrogen (secondary N) is 1. The van der Waals surface area contributed by atoms with Gasteiger partial charge in [0.25, 0.3) is 0 Å². The summed E-state index contributed by atoms with van der Waals surface area (Å²) in [4.78, 5) is 45.1. The average molecular weight is 849 g/mol. The minimum absolute atomic E-state index is 0.0107. The second-order valence-electron chi connectivity index (χ2n) is 23.6. The van der Waals surface area contributed by atoms with Gasteiger partial charge in [-0.3, -0.25) is 4.79 Å². The number of carbonyl (C=O) groups is 1. The van der Waals surface area contributed by atoms with Crippen molar-refractivity contribution in [1.29, 1.82) is 0 Å². The molecule has 1 amide bonds. The highest BCUT2D eigenvalue weighted by Gasteiger charge is 2.78. The van der Waals surface area contributed by atoms with Crippen LogP contribution in [0.5, 0.6) is 0 Å². The monoisotopic (exact) mass is 849 g/mol. The predicted molar refractivity (Wildman–Crippen MR) is 241 cm³/mol. The van der Waals surface area contributed by atoms with E-state index in [1.165, 1.54) is 4.57 Å². The number of amides is 1. The normalized spacial score (nSPS) is 35.4. The van der Waals surface area contributed by atoms with Gasteiger partial charge in [-0.05, 0) is 124 Å². The van der Waals surface area contributed by atoms with Crippen molar-refractivity contribution in [2.75, 3.05) is 0 Å². The van der Waals surface area contributed by atoms with Crippen LogP contribution in [0.2, 0.25) is 36.3 Å². The highest BCUT2D eigenvalue weighted by molar-refractivity contribution is 6.74. The fourth-order valence-electron chi connectivity index (χ4n) is 12.4. The summed E-state index contributed by atoms with van der Waals surface area (Å²) in [5.41, 5.74) is -3.69. The van der Waals surface area contributed by atoms with Gasteiger partial charge >= 0.3 is 11.4 Å². The van der Waals surface area contributed by atoms with Gasteiger partial charge < -0.3 is 19.3 Å². The van der Waals surface area contributed by atoms with Crippen LogP contribution in [-0.2, 0) is 24.7 Å². The van der Waals surface area contributed by atoms with Gasteiger partial charge in [-0.1, -0.05) is 92.7 Å². The molecule has 2 bridgehead atoms. The Labute approximate surface area is 355 Å². The van der Waals surface area contributed by atoms with Gasteiger partial charge in [-0.2, -0.15) is 0 Å². The number of carbonyl (C=O) groups excluding carboxylic acids is 1. The van der Waals surface area contributed by atoms with Crippen LogP contribution in [0.15, 0.2) is 52.1 Å². The summed E-state index contributed by atoms with van der Waals surface area (Å²) < 4.78 is 20.4. The molecule has 0 saturated heterocycles. The van der Waals surface area contributed by atoms with Crippen LogP contribution in [0.1, 0.15) is 122 Å². The molecule has 1 aromatic carbocycles. The lowest BCUT2D eigenvalue weighted by molar-refractivity contribution is -0.234. The molecule has 3 saturated carbocycles. The van der Waals surface area contributed by atoms with Gasteiger partial charge in [0, 0.05) is 17.8 Å². The molecular weight excluding hydrogens is 773 g/mol. The van der Waals surface area contributed by atoms with Gasteiger partial charge in [0.15, 0.2) is 16.6 Å². The van der Waals surface area contributed by atoms with Gasteiger partial charge in [0.05, 0.1) is 40.6 Å². The van der Waals surface area contributed by atoms with Crippen molar-refractivity contribution in [2.24, 2.45) is 34.5 Å². The Morgan fingerprint density at radius 3 is 1.98 bits per heavy atom. The molecule has 2 aromatic rings. The second kappa shape index (κ2) is 13.7. The number of allylic oxidation sites excluding steroid dienone is 2. The smallest absolute Gasteiger partial charge is 0.352 e. The number of para-hydroxylation sites is 1. The number of rotatable bonds is 9. The molecule has 0 unspecified atom stereocenters. The summed E-state index contributed by atoms with van der Waals surface area (Å²) >= 11 is 0. The van der Waals surface area contributed by atoms with E-state index < -0.39 is 44.8 Å². The van der Waals surface area contributed by atoms with Crippen LogP contribution >= 0.6 is 0 Å². The minimum Gasteiger partial charge on any atom is -0.414 e. The molecule has 11 atom stereocenters. The zero-order valence-corrected chi connectivity index (χ0v) is 41.2. The summed E-state index contributed by atoms with van der Waals surface area (Å²) in [6.07, 6.45) is 9.00. The quantitative estimate of drug-likeness (QED) is 0.193. The maximum absolute atomic E-state index is 15.5. The van der Waals surface area contributed by atoms with E-state index >= 15 is 9.59 Å². The molecule has 8 rings (SSSR count). The molecule has 10 nitrogen and oxygen atoms in total. The topological polar surface area (TPSA) is 117 Å². The summed E-state index contributed by atoms with van der Waals surface area (Å²) in [6.45, 7) is 35.1. The fraction of sp³-hybridized carbons (Fsp3) is 0.766. The van der Waals surface area contributed by atoms with E-state index in [0.29, 0.717) is 12.1 Å². The molecule has 0 radical (unpaired) electrons. The first-order valence-corrected chi connectivity index (χ1v) is 28.4. The first kappa shape index (κ1) is 44.5. The summed E-state index contributed by atoms with van der Waals surface area (Å²) in [6, 6.07) is 8.98. The Bertz CT molecular complexity index is 2120. The first-order chi connectivity index (χ1) is 26.9. The first-order valence-electron chi connectivity index (χ1n) is 22.5. The minimum atomic E-state index is -2.39. The van der Waals surface area contributed by atoms with E-state index in [2.05, 4.69) is 99.0 Å². The lowest BCUT2D eigenvalue weighted by Crippen LogP contribution is -2.80.